The van der Waals surface area contributed by atoms with Crippen LogP contribution >= 0.6 is 0 Å². The molecule has 0 fully saturated rings. The van der Waals surface area contributed by atoms with Crippen molar-refractivity contribution in [2.24, 2.45) is 16.2 Å². The van der Waals surface area contributed by atoms with Crippen molar-refractivity contribution in [3.8, 4) is 0 Å². The third-order valence-corrected chi connectivity index (χ3v) is 12.6. The first kappa shape index (κ1) is 77.3. The molecule has 1 unspecified atom stereocenters. The van der Waals surface area contributed by atoms with Crippen LogP contribution in [0.4, 0.5) is 4.79 Å². The van der Waals surface area contributed by atoms with Crippen LogP contribution in [0.3, 0.4) is 0 Å². The number of hydrogen-bond donors (Lipinski definition) is 11. The Hall–Kier alpha value is -5.66. The number of hydrogen-bond acceptors (Lipinski definition) is 22. The average molecular weight is 1190 g/mol. The Balaban J connectivity index is 3.90. The van der Waals surface area contributed by atoms with Gasteiger partial charge < -0.3 is 101 Å². The number of carbonyl (C=O) groups is 8. The molecule has 29 heteroatoms. The van der Waals surface area contributed by atoms with Crippen LogP contribution in [0.5, 0.6) is 0 Å². The van der Waals surface area contributed by atoms with Gasteiger partial charge in [0, 0.05) is 59.0 Å². The summed E-state index contributed by atoms with van der Waals surface area (Å²) in [6.45, 7) is 19.1. The number of amides is 7. The molecule has 0 radical (unpaired) electrons. The van der Waals surface area contributed by atoms with E-state index in [1.807, 2.05) is 27.7 Å². The minimum atomic E-state index is -0.698. The first-order valence-corrected chi connectivity index (χ1v) is 28.6. The lowest BCUT2D eigenvalue weighted by Gasteiger charge is -2.28. The first-order chi connectivity index (χ1) is 39.8. The van der Waals surface area contributed by atoms with E-state index in [2.05, 4.69) is 58.2 Å². The number of nitrogens with one attached hydrogen (secondary N) is 9. The van der Waals surface area contributed by atoms with Crippen LogP contribution in [-0.2, 0) is 71.5 Å². The number of nitrogens with zero attached hydrogens (tertiary/aromatic N) is 2. The Morgan fingerprint density at radius 1 is 0.434 bits per heavy atom. The van der Waals surface area contributed by atoms with Gasteiger partial charge in [-0.15, -0.1) is 0 Å². The van der Waals surface area contributed by atoms with E-state index in [1.165, 1.54) is 6.92 Å². The van der Waals surface area contributed by atoms with E-state index in [0.29, 0.717) is 129 Å². The van der Waals surface area contributed by atoms with Gasteiger partial charge in [0.25, 0.3) is 0 Å². The summed E-state index contributed by atoms with van der Waals surface area (Å²) < 4.78 is 42.5. The van der Waals surface area contributed by atoms with Crippen molar-refractivity contribution in [3.05, 3.63) is 0 Å². The quantitative estimate of drug-likeness (QED) is 0.0126. The van der Waals surface area contributed by atoms with E-state index in [1.54, 1.807) is 13.8 Å². The Bertz CT molecular complexity index is 1830. The molecule has 0 saturated carbocycles. The van der Waals surface area contributed by atoms with Crippen molar-refractivity contribution in [1.29, 1.82) is 0 Å². The molecule has 83 heavy (non-hydrogen) atoms. The minimum absolute atomic E-state index is 0.0405. The first-order valence-electron chi connectivity index (χ1n) is 28.6. The molecule has 0 bridgehead atoms. The third-order valence-electron chi connectivity index (χ3n) is 12.6. The molecule has 480 valence electrons. The number of alkyl carbamates (subject to hydrolysis) is 1. The zero-order chi connectivity index (χ0) is 61.8. The number of aldehydes is 1. The van der Waals surface area contributed by atoms with Crippen molar-refractivity contribution in [3.63, 3.8) is 0 Å². The topological polar surface area (TPSA) is 384 Å². The zero-order valence-corrected chi connectivity index (χ0v) is 50.4. The molecule has 0 aliphatic carbocycles. The van der Waals surface area contributed by atoms with Gasteiger partial charge in [0.15, 0.2) is 0 Å². The average Bonchev–Trinajstić information content (AvgIpc) is 3.45. The molecular formula is C54H101N11O18. The number of unbranched alkanes of at least 4 members (excludes halogenated alkanes) is 1. The maximum Gasteiger partial charge on any atom is 0.407 e. The van der Waals surface area contributed by atoms with Gasteiger partial charge >= 0.3 is 6.09 Å². The van der Waals surface area contributed by atoms with Crippen LogP contribution < -0.4 is 47.9 Å². The second-order valence-corrected chi connectivity index (χ2v) is 20.2. The molecule has 0 aromatic carbocycles. The molecule has 0 spiro atoms. The Morgan fingerprint density at radius 2 is 0.843 bits per heavy atom. The lowest BCUT2D eigenvalue weighted by Crippen LogP contribution is -2.47. The van der Waals surface area contributed by atoms with Crippen LogP contribution in [0.2, 0.25) is 0 Å². The highest BCUT2D eigenvalue weighted by molar-refractivity contribution is 5.90. The van der Waals surface area contributed by atoms with E-state index in [9.17, 15) is 48.8 Å². The van der Waals surface area contributed by atoms with Crippen LogP contribution in [0.1, 0.15) is 113 Å². The van der Waals surface area contributed by atoms with Gasteiger partial charge in [-0.2, -0.15) is 0 Å². The van der Waals surface area contributed by atoms with Gasteiger partial charge in [0.1, 0.15) is 26.1 Å². The lowest BCUT2D eigenvalue weighted by atomic mass is 9.94. The smallest absolute Gasteiger partial charge is 0.407 e. The maximum absolute atomic E-state index is 12.6. The second-order valence-electron chi connectivity index (χ2n) is 20.2. The largest absolute Gasteiger partial charge is 0.449 e. The van der Waals surface area contributed by atoms with Crippen LogP contribution in [0.15, 0.2) is 10.3 Å². The molecule has 0 aromatic rings. The minimum Gasteiger partial charge on any atom is -0.449 e. The predicted octanol–water partition coefficient (Wildman–Crippen LogP) is 0.0672. The number of oxime groups is 2. The molecule has 0 rings (SSSR count). The molecule has 0 aliphatic rings. The van der Waals surface area contributed by atoms with Crippen LogP contribution in [0.25, 0.3) is 0 Å². The molecular weight excluding hydrogens is 1090 g/mol. The van der Waals surface area contributed by atoms with Crippen molar-refractivity contribution in [1.82, 2.24) is 47.9 Å². The molecule has 11 N–H and O–H groups in total. The monoisotopic (exact) mass is 1190 g/mol. The number of ether oxygens (including phenoxy) is 8. The van der Waals surface area contributed by atoms with Gasteiger partial charge in [-0.3, -0.25) is 28.8 Å². The van der Waals surface area contributed by atoms with Gasteiger partial charge in [0.2, 0.25) is 35.4 Å². The summed E-state index contributed by atoms with van der Waals surface area (Å²) in [6, 6.07) is -0.698. The Morgan fingerprint density at radius 3 is 1.31 bits per heavy atom. The van der Waals surface area contributed by atoms with Crippen molar-refractivity contribution in [2.75, 3.05) is 151 Å². The second kappa shape index (κ2) is 50.8. The van der Waals surface area contributed by atoms with Crippen molar-refractivity contribution >= 4 is 59.2 Å². The SMILES string of the molecule is CC(=O)NCCOCCOCCOCCNC(=O)COCC(=O)NCCOCCOCCOCCNC(=O)OCCC(=O)NCCCCC(C=O)NC(=O)CCCC(=O)NCCC(CCNC(C)(C)/C(C)=N\O)CCNC(C)(C)/C(C)=N\O. The highest BCUT2D eigenvalue weighted by Gasteiger charge is 2.24. The highest BCUT2D eigenvalue weighted by atomic mass is 16.6. The molecule has 0 aliphatic heterocycles. The fraction of sp³-hybridized carbons (Fsp3) is 0.815. The molecule has 1 atom stereocenters. The fourth-order valence-corrected chi connectivity index (χ4v) is 7.05. The molecule has 29 nitrogen and oxygen atoms in total. The van der Waals surface area contributed by atoms with Gasteiger partial charge in [-0.1, -0.05) is 10.3 Å². The molecule has 0 saturated heterocycles. The van der Waals surface area contributed by atoms with Crippen LogP contribution in [0, 0.1) is 5.92 Å². The van der Waals surface area contributed by atoms with E-state index in [-0.39, 0.29) is 121 Å². The summed E-state index contributed by atoms with van der Waals surface area (Å²) in [4.78, 5) is 95.6. The summed E-state index contributed by atoms with van der Waals surface area (Å²) in [7, 11) is 0. The fourth-order valence-electron chi connectivity index (χ4n) is 7.05. The maximum atomic E-state index is 12.6. The van der Waals surface area contributed by atoms with Gasteiger partial charge in [-0.05, 0) is 105 Å². The Labute approximate surface area is 490 Å². The van der Waals surface area contributed by atoms with Gasteiger partial charge in [0.05, 0.1) is 114 Å². The lowest BCUT2D eigenvalue weighted by molar-refractivity contribution is -0.131. The highest BCUT2D eigenvalue weighted by Crippen LogP contribution is 2.16. The van der Waals surface area contributed by atoms with E-state index in [0.717, 1.165) is 19.3 Å². The molecule has 0 aromatic heterocycles. The molecule has 7 amide bonds. The van der Waals surface area contributed by atoms with E-state index >= 15 is 0 Å². The van der Waals surface area contributed by atoms with E-state index < -0.39 is 29.1 Å². The number of rotatable bonds is 55. The summed E-state index contributed by atoms with van der Waals surface area (Å²) in [5, 5.41) is 50.7. The van der Waals surface area contributed by atoms with Crippen molar-refractivity contribution in [2.45, 2.75) is 130 Å². The molecule has 0 heterocycles. The normalized spacial score (nSPS) is 12.3. The predicted molar refractivity (Wildman–Crippen MR) is 307 cm³/mol. The van der Waals surface area contributed by atoms with Gasteiger partial charge in [-0.25, -0.2) is 4.79 Å². The van der Waals surface area contributed by atoms with Crippen LogP contribution in [-0.4, -0.2) is 238 Å². The summed E-state index contributed by atoms with van der Waals surface area (Å²) in [6.07, 6.45) is 4.30. The Kier molecular flexibility index (Phi) is 47.4. The standard InChI is InChI=1S/C54H101N11O18/c1-42(64-74)53(4,5)61-20-15-45(16-21-62-54(6,7)43(2)65-75)14-19-57-47(68)12-10-13-49(70)63-46(39-66)11-8-9-18-56-48(69)17-26-83-52(73)60-25-30-79-34-38-81-37-33-78-29-24-59-51(72)41-82-40-50(71)58-23-28-77-32-36-80-35-31-76-27-22-55-44(3)67/h39,45-46,61-62,74-75H,8-38,40-41H2,1-7H3,(H,55,67)(H,56,69)(H,57,68)(H,58,71)(H,59,72)(H,60,73)(H,63,70)/b64-42-,65-43-. The summed E-state index contributed by atoms with van der Waals surface area (Å²) in [5.74, 6) is -1.46. The number of carbonyl (C=O) groups excluding carboxylic acids is 8. The third kappa shape index (κ3) is 47.4. The van der Waals surface area contributed by atoms with E-state index in [4.69, 9.17) is 37.9 Å². The van der Waals surface area contributed by atoms with Crippen molar-refractivity contribution < 1.29 is 86.7 Å². The summed E-state index contributed by atoms with van der Waals surface area (Å²) >= 11 is 0. The zero-order valence-electron chi connectivity index (χ0n) is 50.4. The summed E-state index contributed by atoms with van der Waals surface area (Å²) in [5.41, 5.74) is 0.151.